The molecule has 1 saturated heterocycles. The SMILES string of the molecule is [CH]1Nc2ccccc2N1C1CCN([C@H]2Cc3cccc4cccc2c34)CC1. The molecule has 1 fully saturated rings. The minimum Gasteiger partial charge on any atom is -0.360 e. The Morgan fingerprint density at radius 2 is 1.67 bits per heavy atom. The lowest BCUT2D eigenvalue weighted by Gasteiger charge is -2.40. The number of nitrogens with one attached hydrogen (secondary N) is 1. The van der Waals surface area contributed by atoms with Gasteiger partial charge < -0.3 is 10.2 Å². The second kappa shape index (κ2) is 6.00. The first-order chi connectivity index (χ1) is 13.4. The minimum absolute atomic E-state index is 0.556. The summed E-state index contributed by atoms with van der Waals surface area (Å²) < 4.78 is 0. The summed E-state index contributed by atoms with van der Waals surface area (Å²) in [4.78, 5) is 5.18. The number of likely N-dealkylation sites (tertiary alicyclic amines) is 1. The first-order valence-corrected chi connectivity index (χ1v) is 10.1. The maximum absolute atomic E-state index is 3.43. The van der Waals surface area contributed by atoms with Crippen LogP contribution >= 0.6 is 0 Å². The first kappa shape index (κ1) is 15.5. The van der Waals surface area contributed by atoms with Crippen LogP contribution in [0.1, 0.15) is 30.0 Å². The van der Waals surface area contributed by atoms with Crippen LogP contribution in [0.4, 0.5) is 11.4 Å². The second-order valence-electron chi connectivity index (χ2n) is 8.05. The Kier molecular flexibility index (Phi) is 3.45. The molecule has 27 heavy (non-hydrogen) atoms. The van der Waals surface area contributed by atoms with E-state index in [2.05, 4.69) is 82.4 Å². The number of benzene rings is 3. The molecule has 2 aliphatic heterocycles. The van der Waals surface area contributed by atoms with E-state index in [0.29, 0.717) is 12.1 Å². The highest BCUT2D eigenvalue weighted by molar-refractivity contribution is 5.91. The molecule has 3 aromatic carbocycles. The summed E-state index contributed by atoms with van der Waals surface area (Å²) in [7, 11) is 0. The van der Waals surface area contributed by atoms with Gasteiger partial charge in [-0.3, -0.25) is 4.90 Å². The van der Waals surface area contributed by atoms with E-state index in [1.165, 1.54) is 60.1 Å². The van der Waals surface area contributed by atoms with Gasteiger partial charge in [-0.1, -0.05) is 48.5 Å². The molecule has 1 aliphatic carbocycles. The van der Waals surface area contributed by atoms with Crippen LogP contribution in [0.2, 0.25) is 0 Å². The summed E-state index contributed by atoms with van der Waals surface area (Å²) in [5.41, 5.74) is 5.63. The lowest BCUT2D eigenvalue weighted by Crippen LogP contribution is -2.44. The number of hydrogen-bond donors (Lipinski definition) is 1. The Labute approximate surface area is 160 Å². The molecule has 2 heterocycles. The number of anilines is 2. The largest absolute Gasteiger partial charge is 0.360 e. The fourth-order valence-corrected chi connectivity index (χ4v) is 5.35. The van der Waals surface area contributed by atoms with Crippen molar-refractivity contribution in [2.75, 3.05) is 23.3 Å². The summed E-state index contributed by atoms with van der Waals surface area (Å²) in [6, 6.07) is 23.4. The fourth-order valence-electron chi connectivity index (χ4n) is 5.35. The molecule has 0 saturated carbocycles. The van der Waals surface area contributed by atoms with Crippen LogP contribution in [0.15, 0.2) is 60.7 Å². The molecule has 6 rings (SSSR count). The van der Waals surface area contributed by atoms with Gasteiger partial charge in [0.05, 0.1) is 11.4 Å². The van der Waals surface area contributed by atoms with Crippen molar-refractivity contribution in [2.45, 2.75) is 31.3 Å². The van der Waals surface area contributed by atoms with Crippen LogP contribution in [-0.2, 0) is 6.42 Å². The average Bonchev–Trinajstić information content (AvgIpc) is 3.32. The van der Waals surface area contributed by atoms with Crippen LogP contribution < -0.4 is 10.2 Å². The van der Waals surface area contributed by atoms with E-state index in [-0.39, 0.29) is 0 Å². The molecule has 135 valence electrons. The van der Waals surface area contributed by atoms with E-state index in [1.807, 2.05) is 0 Å². The van der Waals surface area contributed by atoms with Crippen LogP contribution in [0.3, 0.4) is 0 Å². The van der Waals surface area contributed by atoms with Crippen LogP contribution in [0.5, 0.6) is 0 Å². The molecular formula is C24H24N3. The summed E-state index contributed by atoms with van der Waals surface area (Å²) in [6.45, 7) is 4.51. The van der Waals surface area contributed by atoms with E-state index in [0.717, 1.165) is 0 Å². The standard InChI is InChI=1S/C24H24N3/c1-2-10-22-21(9-1)25-16-27(22)19-11-13-26(14-12-19)23-15-18-7-3-5-17-6-4-8-20(23)24(17)18/h1-10,16,19,23,25H,11-15H2/t23-/m0/s1. The maximum Gasteiger partial charge on any atom is 0.139 e. The molecule has 3 aliphatic rings. The van der Waals surface area contributed by atoms with Gasteiger partial charge in [0.15, 0.2) is 0 Å². The van der Waals surface area contributed by atoms with E-state index in [1.54, 1.807) is 5.56 Å². The molecule has 3 heteroatoms. The van der Waals surface area contributed by atoms with Gasteiger partial charge in [0, 0.05) is 25.2 Å². The topological polar surface area (TPSA) is 18.5 Å². The minimum atomic E-state index is 0.556. The van der Waals surface area contributed by atoms with Gasteiger partial charge in [-0.2, -0.15) is 0 Å². The van der Waals surface area contributed by atoms with Crippen molar-refractivity contribution in [1.82, 2.24) is 4.90 Å². The van der Waals surface area contributed by atoms with Gasteiger partial charge in [0.25, 0.3) is 0 Å². The summed E-state index contributed by atoms with van der Waals surface area (Å²) in [6.07, 6.45) is 3.60. The molecule has 0 amide bonds. The monoisotopic (exact) mass is 354 g/mol. The van der Waals surface area contributed by atoms with Crippen molar-refractivity contribution in [3.63, 3.8) is 0 Å². The van der Waals surface area contributed by atoms with Gasteiger partial charge in [0.2, 0.25) is 0 Å². The number of hydrogen-bond acceptors (Lipinski definition) is 3. The third-order valence-corrected chi connectivity index (χ3v) is 6.67. The molecule has 0 bridgehead atoms. The summed E-state index contributed by atoms with van der Waals surface area (Å²) in [5.74, 6) is 0. The molecule has 0 spiro atoms. The number of fused-ring (bicyclic) bond motifs is 1. The van der Waals surface area contributed by atoms with Gasteiger partial charge in [-0.05, 0) is 53.3 Å². The number of rotatable bonds is 2. The van der Waals surface area contributed by atoms with Crippen molar-refractivity contribution in [3.8, 4) is 0 Å². The molecule has 1 atom stereocenters. The quantitative estimate of drug-likeness (QED) is 0.702. The van der Waals surface area contributed by atoms with E-state index >= 15 is 0 Å². The molecule has 3 nitrogen and oxygen atoms in total. The highest BCUT2D eigenvalue weighted by Gasteiger charge is 2.34. The van der Waals surface area contributed by atoms with E-state index < -0.39 is 0 Å². The lowest BCUT2D eigenvalue weighted by molar-refractivity contribution is 0.155. The predicted octanol–water partition coefficient (Wildman–Crippen LogP) is 4.95. The molecule has 3 aromatic rings. The number of piperidine rings is 1. The summed E-state index contributed by atoms with van der Waals surface area (Å²) in [5, 5.41) is 6.34. The zero-order valence-electron chi connectivity index (χ0n) is 15.4. The van der Waals surface area contributed by atoms with E-state index in [4.69, 9.17) is 0 Å². The third-order valence-electron chi connectivity index (χ3n) is 6.67. The average molecular weight is 354 g/mol. The molecule has 0 aromatic heterocycles. The Morgan fingerprint density at radius 1 is 0.852 bits per heavy atom. The predicted molar refractivity (Wildman–Crippen MR) is 112 cm³/mol. The Morgan fingerprint density at radius 3 is 2.56 bits per heavy atom. The zero-order valence-corrected chi connectivity index (χ0v) is 15.4. The second-order valence-corrected chi connectivity index (χ2v) is 8.05. The smallest absolute Gasteiger partial charge is 0.139 e. The Bertz CT molecular complexity index is 998. The number of para-hydroxylation sites is 2. The molecular weight excluding hydrogens is 330 g/mol. The van der Waals surface area contributed by atoms with Crippen LogP contribution in [-0.4, -0.2) is 24.0 Å². The zero-order chi connectivity index (χ0) is 17.8. The van der Waals surface area contributed by atoms with Crippen molar-refractivity contribution in [3.05, 3.63) is 78.5 Å². The molecule has 1 radical (unpaired) electrons. The van der Waals surface area contributed by atoms with E-state index in [9.17, 15) is 0 Å². The maximum atomic E-state index is 3.43. The number of nitrogens with zero attached hydrogens (tertiary/aromatic N) is 2. The Balaban J connectivity index is 1.21. The van der Waals surface area contributed by atoms with Crippen molar-refractivity contribution in [2.24, 2.45) is 0 Å². The highest BCUT2D eigenvalue weighted by atomic mass is 15.3. The van der Waals surface area contributed by atoms with Crippen LogP contribution in [0.25, 0.3) is 10.8 Å². The van der Waals surface area contributed by atoms with Crippen molar-refractivity contribution < 1.29 is 0 Å². The van der Waals surface area contributed by atoms with Gasteiger partial charge in [-0.25, -0.2) is 0 Å². The third kappa shape index (κ3) is 2.38. The van der Waals surface area contributed by atoms with Gasteiger partial charge in [0.1, 0.15) is 6.67 Å². The fraction of sp³-hybridized carbons (Fsp3) is 0.292. The van der Waals surface area contributed by atoms with Gasteiger partial charge in [-0.15, -0.1) is 0 Å². The van der Waals surface area contributed by atoms with Crippen molar-refractivity contribution >= 4 is 22.1 Å². The lowest BCUT2D eigenvalue weighted by atomic mass is 9.98. The highest BCUT2D eigenvalue weighted by Crippen LogP contribution is 2.42. The molecule has 1 N–H and O–H groups in total. The first-order valence-electron chi connectivity index (χ1n) is 10.1. The summed E-state index contributed by atoms with van der Waals surface area (Å²) >= 11 is 0. The van der Waals surface area contributed by atoms with Crippen LogP contribution in [0, 0.1) is 6.67 Å². The van der Waals surface area contributed by atoms with Gasteiger partial charge >= 0.3 is 0 Å². The van der Waals surface area contributed by atoms with Crippen molar-refractivity contribution in [1.29, 1.82) is 0 Å². The Hall–Kier alpha value is -2.52. The molecule has 0 unspecified atom stereocenters. The normalized spacial score (nSPS) is 22.2.